The third-order valence-corrected chi connectivity index (χ3v) is 4.31. The number of hydrogen-bond donors (Lipinski definition) is 1. The maximum atomic E-state index is 12.1. The molecule has 0 unspecified atom stereocenters. The van der Waals surface area contributed by atoms with Crippen molar-refractivity contribution in [1.29, 1.82) is 0 Å². The summed E-state index contributed by atoms with van der Waals surface area (Å²) < 4.78 is 7.66. The first-order chi connectivity index (χ1) is 13.8. The number of para-hydroxylation sites is 1. The first kappa shape index (κ1) is 17.5. The van der Waals surface area contributed by atoms with E-state index in [0.717, 1.165) is 22.2 Å². The number of nitrogens with zero attached hydrogens (tertiary/aromatic N) is 2. The highest BCUT2D eigenvalue weighted by molar-refractivity contribution is 5.89. The zero-order valence-electron chi connectivity index (χ0n) is 15.2. The van der Waals surface area contributed by atoms with Crippen molar-refractivity contribution in [3.8, 4) is 11.4 Å². The molecule has 0 saturated carbocycles. The number of carbonyl (C=O) groups is 1. The first-order valence-corrected chi connectivity index (χ1v) is 8.96. The zero-order valence-corrected chi connectivity index (χ0v) is 15.2. The number of carbonyl (C=O) groups excluding carboxylic acids is 1. The molecule has 28 heavy (non-hydrogen) atoms. The van der Waals surface area contributed by atoms with E-state index < -0.39 is 0 Å². The van der Waals surface area contributed by atoms with Crippen LogP contribution in [0, 0.1) is 0 Å². The van der Waals surface area contributed by atoms with E-state index in [1.54, 1.807) is 6.21 Å². The number of benzene rings is 3. The highest BCUT2D eigenvalue weighted by Crippen LogP contribution is 2.24. The van der Waals surface area contributed by atoms with Crippen LogP contribution in [0.1, 0.15) is 5.69 Å². The normalized spacial score (nSPS) is 11.0. The maximum absolute atomic E-state index is 12.1. The van der Waals surface area contributed by atoms with E-state index in [9.17, 15) is 4.79 Å². The summed E-state index contributed by atoms with van der Waals surface area (Å²) in [5, 5.41) is 6.09. The predicted molar refractivity (Wildman–Crippen MR) is 111 cm³/mol. The monoisotopic (exact) mass is 369 g/mol. The number of nitrogens with one attached hydrogen (secondary N) is 1. The molecule has 1 heterocycles. The van der Waals surface area contributed by atoms with Crippen molar-refractivity contribution in [2.75, 3.05) is 6.61 Å². The number of ether oxygens (including phenoxy) is 1. The Kier molecular flexibility index (Phi) is 5.15. The molecule has 0 aliphatic heterocycles. The topological polar surface area (TPSA) is 55.6 Å². The van der Waals surface area contributed by atoms with E-state index in [0.29, 0.717) is 5.75 Å². The van der Waals surface area contributed by atoms with E-state index in [4.69, 9.17) is 4.74 Å². The summed E-state index contributed by atoms with van der Waals surface area (Å²) in [5.74, 6) is 0.359. The summed E-state index contributed by atoms with van der Waals surface area (Å²) in [5.41, 5.74) is 4.40. The SMILES string of the molecule is O=C(COc1cccc2ccccc12)N/N=C/c1cccn1-c1ccccc1. The van der Waals surface area contributed by atoms with Gasteiger partial charge in [0.25, 0.3) is 5.91 Å². The molecule has 0 atom stereocenters. The van der Waals surface area contributed by atoms with Gasteiger partial charge in [0.15, 0.2) is 6.61 Å². The quantitative estimate of drug-likeness (QED) is 0.410. The average Bonchev–Trinajstić information content (AvgIpc) is 3.21. The highest BCUT2D eigenvalue weighted by Gasteiger charge is 2.05. The van der Waals surface area contributed by atoms with Crippen LogP contribution < -0.4 is 10.2 Å². The summed E-state index contributed by atoms with van der Waals surface area (Å²) in [6.45, 7) is -0.106. The van der Waals surface area contributed by atoms with E-state index in [-0.39, 0.29) is 12.5 Å². The Morgan fingerprint density at radius 1 is 0.929 bits per heavy atom. The zero-order chi connectivity index (χ0) is 19.2. The van der Waals surface area contributed by atoms with Crippen LogP contribution in [0.3, 0.4) is 0 Å². The van der Waals surface area contributed by atoms with Gasteiger partial charge in [-0.2, -0.15) is 5.10 Å². The molecular weight excluding hydrogens is 350 g/mol. The fourth-order valence-corrected chi connectivity index (χ4v) is 2.99. The predicted octanol–water partition coefficient (Wildman–Crippen LogP) is 4.16. The molecule has 0 aliphatic carbocycles. The number of amides is 1. The number of rotatable bonds is 6. The lowest BCUT2D eigenvalue weighted by atomic mass is 10.1. The van der Waals surface area contributed by atoms with E-state index in [1.807, 2.05) is 95.7 Å². The molecule has 3 aromatic carbocycles. The van der Waals surface area contributed by atoms with Gasteiger partial charge >= 0.3 is 0 Å². The van der Waals surface area contributed by atoms with Crippen molar-refractivity contribution in [2.45, 2.75) is 0 Å². The second kappa shape index (κ2) is 8.22. The summed E-state index contributed by atoms with van der Waals surface area (Å²) in [6.07, 6.45) is 3.56. The fourth-order valence-electron chi connectivity index (χ4n) is 2.99. The van der Waals surface area contributed by atoms with Crippen LogP contribution in [-0.4, -0.2) is 23.3 Å². The number of hydrazone groups is 1. The average molecular weight is 369 g/mol. The van der Waals surface area contributed by atoms with Gasteiger partial charge in [-0.3, -0.25) is 4.79 Å². The van der Waals surface area contributed by atoms with Crippen molar-refractivity contribution in [1.82, 2.24) is 9.99 Å². The Labute approximate surface area is 162 Å². The molecule has 0 saturated heterocycles. The molecule has 0 radical (unpaired) electrons. The molecular formula is C23H19N3O2. The third-order valence-electron chi connectivity index (χ3n) is 4.31. The van der Waals surface area contributed by atoms with Gasteiger partial charge in [-0.1, -0.05) is 54.6 Å². The minimum atomic E-state index is -0.318. The van der Waals surface area contributed by atoms with Crippen LogP contribution in [-0.2, 0) is 4.79 Å². The van der Waals surface area contributed by atoms with Crippen LogP contribution >= 0.6 is 0 Å². The van der Waals surface area contributed by atoms with Crippen LogP contribution in [0.15, 0.2) is 96.2 Å². The summed E-state index contributed by atoms with van der Waals surface area (Å²) in [6, 6.07) is 27.5. The minimum Gasteiger partial charge on any atom is -0.483 e. The molecule has 0 spiro atoms. The Bertz CT molecular complexity index is 1110. The van der Waals surface area contributed by atoms with Gasteiger partial charge in [-0.15, -0.1) is 0 Å². The molecule has 1 N–H and O–H groups in total. The van der Waals surface area contributed by atoms with Crippen LogP contribution in [0.25, 0.3) is 16.5 Å². The summed E-state index contributed by atoms with van der Waals surface area (Å²) in [4.78, 5) is 12.1. The number of hydrogen-bond acceptors (Lipinski definition) is 3. The third kappa shape index (κ3) is 3.94. The summed E-state index contributed by atoms with van der Waals surface area (Å²) in [7, 11) is 0. The standard InChI is InChI=1S/C23H19N3O2/c27-23(17-28-22-14-6-9-18-8-4-5-13-21(18)22)25-24-16-20-12-7-15-26(20)19-10-2-1-3-11-19/h1-16H,17H2,(H,25,27)/b24-16+. The highest BCUT2D eigenvalue weighted by atomic mass is 16.5. The van der Waals surface area contributed by atoms with Crippen molar-refractivity contribution < 1.29 is 9.53 Å². The lowest BCUT2D eigenvalue weighted by Gasteiger charge is -2.08. The lowest BCUT2D eigenvalue weighted by Crippen LogP contribution is -2.24. The molecule has 1 amide bonds. The lowest BCUT2D eigenvalue weighted by molar-refractivity contribution is -0.123. The Morgan fingerprint density at radius 2 is 1.71 bits per heavy atom. The Balaban J connectivity index is 1.37. The largest absolute Gasteiger partial charge is 0.483 e. The summed E-state index contributed by atoms with van der Waals surface area (Å²) >= 11 is 0. The molecule has 5 heteroatoms. The van der Waals surface area contributed by atoms with Crippen LogP contribution in [0.2, 0.25) is 0 Å². The Morgan fingerprint density at radius 3 is 2.61 bits per heavy atom. The smallest absolute Gasteiger partial charge is 0.277 e. The maximum Gasteiger partial charge on any atom is 0.277 e. The minimum absolute atomic E-state index is 0.106. The number of aromatic nitrogens is 1. The number of fused-ring (bicyclic) bond motifs is 1. The fraction of sp³-hybridized carbons (Fsp3) is 0.0435. The molecule has 0 bridgehead atoms. The van der Waals surface area contributed by atoms with Gasteiger partial charge in [-0.05, 0) is 35.7 Å². The van der Waals surface area contributed by atoms with Crippen molar-refractivity contribution in [3.63, 3.8) is 0 Å². The van der Waals surface area contributed by atoms with E-state index in [2.05, 4.69) is 10.5 Å². The van der Waals surface area contributed by atoms with Crippen molar-refractivity contribution in [3.05, 3.63) is 96.8 Å². The van der Waals surface area contributed by atoms with Crippen LogP contribution in [0.5, 0.6) is 5.75 Å². The van der Waals surface area contributed by atoms with E-state index >= 15 is 0 Å². The van der Waals surface area contributed by atoms with Gasteiger partial charge in [-0.25, -0.2) is 5.43 Å². The van der Waals surface area contributed by atoms with Crippen molar-refractivity contribution in [2.24, 2.45) is 5.10 Å². The van der Waals surface area contributed by atoms with Gasteiger partial charge in [0.2, 0.25) is 0 Å². The Hall–Kier alpha value is -3.86. The molecule has 4 aromatic rings. The molecule has 1 aromatic heterocycles. The molecule has 0 aliphatic rings. The first-order valence-electron chi connectivity index (χ1n) is 8.96. The molecule has 0 fully saturated rings. The van der Waals surface area contributed by atoms with Crippen molar-refractivity contribution >= 4 is 22.9 Å². The van der Waals surface area contributed by atoms with Crippen LogP contribution in [0.4, 0.5) is 0 Å². The molecule has 5 nitrogen and oxygen atoms in total. The second-order valence-corrected chi connectivity index (χ2v) is 6.20. The molecule has 138 valence electrons. The van der Waals surface area contributed by atoms with Gasteiger partial charge in [0.05, 0.1) is 11.9 Å². The second-order valence-electron chi connectivity index (χ2n) is 6.20. The van der Waals surface area contributed by atoms with Gasteiger partial charge < -0.3 is 9.30 Å². The molecule has 4 rings (SSSR count). The van der Waals surface area contributed by atoms with Gasteiger partial charge in [0.1, 0.15) is 5.75 Å². The van der Waals surface area contributed by atoms with E-state index in [1.165, 1.54) is 0 Å². The van der Waals surface area contributed by atoms with Gasteiger partial charge in [0, 0.05) is 17.3 Å².